The second-order valence-electron chi connectivity index (χ2n) is 4.44. The summed E-state index contributed by atoms with van der Waals surface area (Å²) in [7, 11) is 0. The summed E-state index contributed by atoms with van der Waals surface area (Å²) in [5.74, 6) is -0.938. The Morgan fingerprint density at radius 3 is 2.47 bits per heavy atom. The molecule has 3 unspecified atom stereocenters. The molecular weight excluding hydrogens is 238 g/mol. The number of rotatable bonds is 2. The molecule has 1 aromatic rings. The van der Waals surface area contributed by atoms with Gasteiger partial charge < -0.3 is 10.4 Å². The summed E-state index contributed by atoms with van der Waals surface area (Å²) in [5, 5.41) is 12.4. The standard InChI is InChI=1S/C13H17NO2.ClH/c1-9-11(13(15)16)7-8-12(14-9)10-5-3-2-4-6-10;/h2-6,9,11-12,14H,7-8H2,1H3,(H,15,16);1H. The van der Waals surface area contributed by atoms with Crippen molar-refractivity contribution in [1.82, 2.24) is 5.32 Å². The van der Waals surface area contributed by atoms with Crippen molar-refractivity contribution < 1.29 is 9.90 Å². The van der Waals surface area contributed by atoms with Crippen LogP contribution >= 0.6 is 12.4 Å². The highest BCUT2D eigenvalue weighted by Crippen LogP contribution is 2.28. The molecule has 0 radical (unpaired) electrons. The van der Waals surface area contributed by atoms with Gasteiger partial charge in [-0.2, -0.15) is 0 Å². The molecule has 1 aromatic carbocycles. The third kappa shape index (κ3) is 3.20. The van der Waals surface area contributed by atoms with Gasteiger partial charge in [0.2, 0.25) is 0 Å². The topological polar surface area (TPSA) is 49.3 Å². The fraction of sp³-hybridized carbons (Fsp3) is 0.462. The van der Waals surface area contributed by atoms with Crippen LogP contribution in [0.1, 0.15) is 31.4 Å². The van der Waals surface area contributed by atoms with Crippen molar-refractivity contribution in [2.45, 2.75) is 31.8 Å². The van der Waals surface area contributed by atoms with Gasteiger partial charge in [0.05, 0.1) is 5.92 Å². The van der Waals surface area contributed by atoms with E-state index in [0.717, 1.165) is 12.8 Å². The molecule has 0 aliphatic carbocycles. The van der Waals surface area contributed by atoms with Crippen LogP contribution in [0.5, 0.6) is 0 Å². The van der Waals surface area contributed by atoms with Crippen LogP contribution in [0.25, 0.3) is 0 Å². The second-order valence-corrected chi connectivity index (χ2v) is 4.44. The summed E-state index contributed by atoms with van der Waals surface area (Å²) in [6.45, 7) is 1.95. The normalized spacial score (nSPS) is 28.2. The first-order valence-electron chi connectivity index (χ1n) is 5.72. The number of benzene rings is 1. The first kappa shape index (κ1) is 14.0. The molecule has 1 fully saturated rings. The lowest BCUT2D eigenvalue weighted by Crippen LogP contribution is -2.44. The predicted octanol–water partition coefficient (Wildman–Crippen LogP) is 2.62. The first-order chi connectivity index (χ1) is 7.68. The van der Waals surface area contributed by atoms with Crippen LogP contribution < -0.4 is 5.32 Å². The lowest BCUT2D eigenvalue weighted by Gasteiger charge is -2.33. The number of nitrogens with one attached hydrogen (secondary N) is 1. The summed E-state index contributed by atoms with van der Waals surface area (Å²) in [6.07, 6.45) is 1.65. The maximum absolute atomic E-state index is 11.0. The van der Waals surface area contributed by atoms with Crippen molar-refractivity contribution in [2.24, 2.45) is 5.92 Å². The molecule has 1 aliphatic heterocycles. The fourth-order valence-corrected chi connectivity index (χ4v) is 2.40. The van der Waals surface area contributed by atoms with Gasteiger partial charge in [0.15, 0.2) is 0 Å². The van der Waals surface area contributed by atoms with E-state index >= 15 is 0 Å². The molecule has 1 saturated heterocycles. The largest absolute Gasteiger partial charge is 0.481 e. The van der Waals surface area contributed by atoms with Gasteiger partial charge >= 0.3 is 5.97 Å². The molecule has 4 heteroatoms. The predicted molar refractivity (Wildman–Crippen MR) is 69.4 cm³/mol. The maximum Gasteiger partial charge on any atom is 0.308 e. The Kier molecular flexibility index (Phi) is 4.97. The van der Waals surface area contributed by atoms with Gasteiger partial charge in [-0.05, 0) is 25.3 Å². The van der Waals surface area contributed by atoms with E-state index in [2.05, 4.69) is 17.4 Å². The van der Waals surface area contributed by atoms with Crippen molar-refractivity contribution >= 4 is 18.4 Å². The molecule has 3 atom stereocenters. The smallest absolute Gasteiger partial charge is 0.308 e. The van der Waals surface area contributed by atoms with Crippen LogP contribution in [0.2, 0.25) is 0 Å². The number of piperidine rings is 1. The number of carbonyl (C=O) groups is 1. The fourth-order valence-electron chi connectivity index (χ4n) is 2.40. The Balaban J connectivity index is 0.00000144. The second kappa shape index (κ2) is 6.03. The van der Waals surface area contributed by atoms with E-state index < -0.39 is 5.97 Å². The Labute approximate surface area is 108 Å². The minimum Gasteiger partial charge on any atom is -0.481 e. The molecule has 0 aromatic heterocycles. The van der Waals surface area contributed by atoms with E-state index in [1.165, 1.54) is 5.56 Å². The molecular formula is C13H18ClNO2. The van der Waals surface area contributed by atoms with Crippen molar-refractivity contribution in [3.63, 3.8) is 0 Å². The van der Waals surface area contributed by atoms with Crippen LogP contribution in [0.4, 0.5) is 0 Å². The lowest BCUT2D eigenvalue weighted by atomic mass is 9.86. The van der Waals surface area contributed by atoms with E-state index in [1.807, 2.05) is 25.1 Å². The van der Waals surface area contributed by atoms with Crippen LogP contribution in [-0.2, 0) is 4.79 Å². The molecule has 0 amide bonds. The van der Waals surface area contributed by atoms with Gasteiger partial charge in [0.1, 0.15) is 0 Å². The molecule has 17 heavy (non-hydrogen) atoms. The van der Waals surface area contributed by atoms with Crippen LogP contribution in [0.3, 0.4) is 0 Å². The number of carboxylic acids is 1. The van der Waals surface area contributed by atoms with Gasteiger partial charge in [0, 0.05) is 12.1 Å². The Bertz CT molecular complexity index is 369. The summed E-state index contributed by atoms with van der Waals surface area (Å²) in [5.41, 5.74) is 1.25. The molecule has 1 heterocycles. The van der Waals surface area contributed by atoms with Gasteiger partial charge in [0.25, 0.3) is 0 Å². The highest BCUT2D eigenvalue weighted by Gasteiger charge is 2.31. The van der Waals surface area contributed by atoms with Crippen molar-refractivity contribution in [3.8, 4) is 0 Å². The highest BCUT2D eigenvalue weighted by atomic mass is 35.5. The van der Waals surface area contributed by atoms with E-state index in [4.69, 9.17) is 5.11 Å². The number of hydrogen-bond acceptors (Lipinski definition) is 2. The Morgan fingerprint density at radius 2 is 1.94 bits per heavy atom. The molecule has 0 saturated carbocycles. The molecule has 3 nitrogen and oxygen atoms in total. The van der Waals surface area contributed by atoms with Gasteiger partial charge in [-0.1, -0.05) is 30.3 Å². The monoisotopic (exact) mass is 255 g/mol. The Morgan fingerprint density at radius 1 is 1.29 bits per heavy atom. The average Bonchev–Trinajstić information content (AvgIpc) is 2.29. The highest BCUT2D eigenvalue weighted by molar-refractivity contribution is 5.85. The summed E-state index contributed by atoms with van der Waals surface area (Å²) < 4.78 is 0. The quantitative estimate of drug-likeness (QED) is 0.854. The maximum atomic E-state index is 11.0. The SMILES string of the molecule is CC1NC(c2ccccc2)CCC1C(=O)O.Cl. The Hall–Kier alpha value is -1.06. The number of halogens is 1. The third-order valence-electron chi connectivity index (χ3n) is 3.35. The molecule has 0 bridgehead atoms. The van der Waals surface area contributed by atoms with Gasteiger partial charge in [-0.15, -0.1) is 12.4 Å². The van der Waals surface area contributed by atoms with Crippen molar-refractivity contribution in [2.75, 3.05) is 0 Å². The van der Waals surface area contributed by atoms with Gasteiger partial charge in [-0.3, -0.25) is 4.79 Å². The number of aliphatic carboxylic acids is 1. The molecule has 2 rings (SSSR count). The van der Waals surface area contributed by atoms with E-state index in [1.54, 1.807) is 0 Å². The van der Waals surface area contributed by atoms with Crippen molar-refractivity contribution in [3.05, 3.63) is 35.9 Å². The number of hydrogen-bond donors (Lipinski definition) is 2. The zero-order chi connectivity index (χ0) is 11.5. The minimum absolute atomic E-state index is 0. The first-order valence-corrected chi connectivity index (χ1v) is 5.72. The van der Waals surface area contributed by atoms with E-state index in [9.17, 15) is 4.79 Å². The molecule has 1 aliphatic rings. The zero-order valence-electron chi connectivity index (χ0n) is 9.80. The average molecular weight is 256 g/mol. The summed E-state index contributed by atoms with van der Waals surface area (Å²) >= 11 is 0. The molecule has 0 spiro atoms. The van der Waals surface area contributed by atoms with Crippen LogP contribution in [-0.4, -0.2) is 17.1 Å². The van der Waals surface area contributed by atoms with Crippen LogP contribution in [0.15, 0.2) is 30.3 Å². The number of carboxylic acid groups (broad SMARTS) is 1. The zero-order valence-corrected chi connectivity index (χ0v) is 10.6. The molecule has 2 N–H and O–H groups in total. The summed E-state index contributed by atoms with van der Waals surface area (Å²) in [6, 6.07) is 10.5. The lowest BCUT2D eigenvalue weighted by molar-refractivity contribution is -0.143. The van der Waals surface area contributed by atoms with Crippen LogP contribution in [0, 0.1) is 5.92 Å². The van der Waals surface area contributed by atoms with Gasteiger partial charge in [-0.25, -0.2) is 0 Å². The van der Waals surface area contributed by atoms with Crippen molar-refractivity contribution in [1.29, 1.82) is 0 Å². The van der Waals surface area contributed by atoms with E-state index in [0.29, 0.717) is 6.04 Å². The third-order valence-corrected chi connectivity index (χ3v) is 3.35. The minimum atomic E-state index is -0.688. The molecule has 94 valence electrons. The summed E-state index contributed by atoms with van der Waals surface area (Å²) in [4.78, 5) is 11.0. The van der Waals surface area contributed by atoms with E-state index in [-0.39, 0.29) is 24.4 Å².